The van der Waals surface area contributed by atoms with Crippen LogP contribution in [0.4, 0.5) is 0 Å². The molecule has 0 spiro atoms. The molecule has 0 aliphatic heterocycles. The summed E-state index contributed by atoms with van der Waals surface area (Å²) in [4.78, 5) is 1.66. The number of rotatable bonds is 5. The second-order valence-corrected chi connectivity index (χ2v) is 10.3. The molecular weight excluding hydrogens is 362 g/mol. The maximum Gasteiger partial charge on any atom is 0.175 e. The van der Waals surface area contributed by atoms with Gasteiger partial charge in [0.15, 0.2) is 9.84 Å². The molecule has 1 N–H and O–H groups in total. The zero-order valence-electron chi connectivity index (χ0n) is 13.8. The molecule has 3 nitrogen and oxygen atoms in total. The fraction of sp³-hybridized carbons (Fsp3) is 0.444. The minimum absolute atomic E-state index is 0.305. The summed E-state index contributed by atoms with van der Waals surface area (Å²) in [5.41, 5.74) is 1.23. The molecule has 0 bridgehead atoms. The van der Waals surface area contributed by atoms with Gasteiger partial charge in [-0.15, -0.1) is 11.3 Å². The molecular formula is C18H22ClNO2S2. The van der Waals surface area contributed by atoms with Gasteiger partial charge in [-0.2, -0.15) is 0 Å². The van der Waals surface area contributed by atoms with Gasteiger partial charge in [-0.05, 0) is 61.9 Å². The first-order valence-corrected chi connectivity index (χ1v) is 11.2. The molecule has 24 heavy (non-hydrogen) atoms. The van der Waals surface area contributed by atoms with E-state index in [2.05, 4.69) is 18.3 Å². The summed E-state index contributed by atoms with van der Waals surface area (Å²) < 4.78 is 23.9. The predicted octanol–water partition coefficient (Wildman–Crippen LogP) is 4.79. The van der Waals surface area contributed by atoms with Gasteiger partial charge in [-0.1, -0.05) is 23.7 Å². The molecule has 1 aromatic heterocycles. The van der Waals surface area contributed by atoms with Crippen LogP contribution in [-0.2, 0) is 9.84 Å². The standard InChI is InChI=1S/C18H22ClNO2S2/c1-12(17-9-10-18(19)23-17)20-15-6-3-14(11-15)13-4-7-16(8-5-13)24(2,21)22/h4-5,7-10,12,14-15,20H,3,6,11H2,1-2H3/t12-,14-,15?/m1/s1. The number of benzene rings is 1. The van der Waals surface area contributed by atoms with E-state index in [-0.39, 0.29) is 0 Å². The molecule has 1 unspecified atom stereocenters. The maximum atomic E-state index is 11.6. The Balaban J connectivity index is 1.61. The second kappa shape index (κ2) is 7.16. The molecule has 1 aromatic carbocycles. The Labute approximate surface area is 153 Å². The molecule has 1 aliphatic carbocycles. The van der Waals surface area contributed by atoms with E-state index in [0.717, 1.165) is 23.6 Å². The fourth-order valence-corrected chi connectivity index (χ4v) is 5.12. The average Bonchev–Trinajstić information content (AvgIpc) is 3.16. The molecule has 1 heterocycles. The van der Waals surface area contributed by atoms with Crippen molar-refractivity contribution >= 4 is 32.8 Å². The highest BCUT2D eigenvalue weighted by Gasteiger charge is 2.27. The van der Waals surface area contributed by atoms with Gasteiger partial charge in [0.05, 0.1) is 9.23 Å². The lowest BCUT2D eigenvalue weighted by Crippen LogP contribution is -2.28. The Morgan fingerprint density at radius 2 is 1.88 bits per heavy atom. The minimum Gasteiger partial charge on any atom is -0.307 e. The van der Waals surface area contributed by atoms with Gasteiger partial charge in [0.1, 0.15) is 0 Å². The number of halogens is 1. The Morgan fingerprint density at radius 1 is 1.17 bits per heavy atom. The van der Waals surface area contributed by atoms with Crippen molar-refractivity contribution in [1.29, 1.82) is 0 Å². The van der Waals surface area contributed by atoms with Crippen molar-refractivity contribution < 1.29 is 8.42 Å². The lowest BCUT2D eigenvalue weighted by molar-refractivity contribution is 0.461. The molecule has 2 aromatic rings. The number of hydrogen-bond donors (Lipinski definition) is 1. The van der Waals surface area contributed by atoms with E-state index in [0.29, 0.717) is 22.9 Å². The highest BCUT2D eigenvalue weighted by molar-refractivity contribution is 7.90. The fourth-order valence-electron chi connectivity index (χ4n) is 3.42. The normalized spacial score (nSPS) is 22.6. The van der Waals surface area contributed by atoms with Gasteiger partial charge >= 0.3 is 0 Å². The Morgan fingerprint density at radius 3 is 2.46 bits per heavy atom. The number of sulfone groups is 1. The number of nitrogens with one attached hydrogen (secondary N) is 1. The Bertz CT molecular complexity index is 799. The largest absolute Gasteiger partial charge is 0.307 e. The third kappa shape index (κ3) is 4.20. The van der Waals surface area contributed by atoms with E-state index in [4.69, 9.17) is 11.6 Å². The van der Waals surface area contributed by atoms with Gasteiger partial charge in [-0.3, -0.25) is 0 Å². The van der Waals surface area contributed by atoms with Crippen LogP contribution in [0.5, 0.6) is 0 Å². The van der Waals surface area contributed by atoms with Gasteiger partial charge in [0.2, 0.25) is 0 Å². The van der Waals surface area contributed by atoms with Gasteiger partial charge in [-0.25, -0.2) is 8.42 Å². The zero-order valence-corrected chi connectivity index (χ0v) is 16.2. The molecule has 1 fully saturated rings. The van der Waals surface area contributed by atoms with Gasteiger partial charge in [0, 0.05) is 23.2 Å². The zero-order chi connectivity index (χ0) is 17.3. The van der Waals surface area contributed by atoms with E-state index in [9.17, 15) is 8.42 Å². The third-order valence-electron chi connectivity index (χ3n) is 4.72. The predicted molar refractivity (Wildman–Crippen MR) is 101 cm³/mol. The number of hydrogen-bond acceptors (Lipinski definition) is 4. The molecule has 3 atom stereocenters. The SMILES string of the molecule is C[C@@H](NC1CC[C@@H](c2ccc(S(C)(=O)=O)cc2)C1)c1ccc(Cl)s1. The molecule has 1 aliphatic rings. The highest BCUT2D eigenvalue weighted by Crippen LogP contribution is 2.36. The average molecular weight is 384 g/mol. The lowest BCUT2D eigenvalue weighted by Gasteiger charge is -2.19. The number of thiophene rings is 1. The van der Waals surface area contributed by atoms with Crippen molar-refractivity contribution in [3.63, 3.8) is 0 Å². The quantitative estimate of drug-likeness (QED) is 0.807. The Kier molecular flexibility index (Phi) is 5.35. The monoisotopic (exact) mass is 383 g/mol. The van der Waals surface area contributed by atoms with Crippen LogP contribution in [0.1, 0.15) is 48.6 Å². The van der Waals surface area contributed by atoms with Crippen LogP contribution in [0.25, 0.3) is 0 Å². The lowest BCUT2D eigenvalue weighted by atomic mass is 9.97. The summed E-state index contributed by atoms with van der Waals surface area (Å²) in [7, 11) is -3.12. The van der Waals surface area contributed by atoms with Crippen molar-refractivity contribution in [1.82, 2.24) is 5.32 Å². The van der Waals surface area contributed by atoms with Crippen molar-refractivity contribution in [3.8, 4) is 0 Å². The van der Waals surface area contributed by atoms with Crippen molar-refractivity contribution in [3.05, 3.63) is 51.2 Å². The Hall–Kier alpha value is -0.880. The summed E-state index contributed by atoms with van der Waals surface area (Å²) in [5, 5.41) is 3.70. The summed E-state index contributed by atoms with van der Waals surface area (Å²) in [6, 6.07) is 12.2. The highest BCUT2D eigenvalue weighted by atomic mass is 35.5. The molecule has 0 radical (unpaired) electrons. The van der Waals surface area contributed by atoms with E-state index in [1.165, 1.54) is 16.7 Å². The minimum atomic E-state index is -3.12. The van der Waals surface area contributed by atoms with Gasteiger partial charge < -0.3 is 5.32 Å². The summed E-state index contributed by atoms with van der Waals surface area (Å²) in [6.07, 6.45) is 4.60. The van der Waals surface area contributed by atoms with Gasteiger partial charge in [0.25, 0.3) is 0 Å². The van der Waals surface area contributed by atoms with Crippen LogP contribution < -0.4 is 5.32 Å². The van der Waals surface area contributed by atoms with Crippen molar-refractivity contribution in [2.45, 2.75) is 49.1 Å². The molecule has 0 amide bonds. The first-order valence-electron chi connectivity index (χ1n) is 8.14. The molecule has 1 saturated carbocycles. The van der Waals surface area contributed by atoms with Crippen LogP contribution in [0.3, 0.4) is 0 Å². The van der Waals surface area contributed by atoms with E-state index >= 15 is 0 Å². The molecule has 6 heteroatoms. The third-order valence-corrected chi connectivity index (χ3v) is 7.26. The topological polar surface area (TPSA) is 46.2 Å². The van der Waals surface area contributed by atoms with Crippen LogP contribution in [-0.4, -0.2) is 20.7 Å². The summed E-state index contributed by atoms with van der Waals surface area (Å²) in [5.74, 6) is 0.496. The molecule has 130 valence electrons. The van der Waals surface area contributed by atoms with Crippen LogP contribution >= 0.6 is 22.9 Å². The van der Waals surface area contributed by atoms with E-state index in [1.807, 2.05) is 18.2 Å². The molecule has 0 saturated heterocycles. The summed E-state index contributed by atoms with van der Waals surface area (Å²) >= 11 is 7.64. The smallest absolute Gasteiger partial charge is 0.175 e. The van der Waals surface area contributed by atoms with Crippen LogP contribution in [0.15, 0.2) is 41.3 Å². The van der Waals surface area contributed by atoms with E-state index < -0.39 is 9.84 Å². The van der Waals surface area contributed by atoms with Crippen LogP contribution in [0, 0.1) is 0 Å². The summed E-state index contributed by atoms with van der Waals surface area (Å²) in [6.45, 7) is 2.18. The van der Waals surface area contributed by atoms with E-state index in [1.54, 1.807) is 23.5 Å². The van der Waals surface area contributed by atoms with Crippen molar-refractivity contribution in [2.75, 3.05) is 6.26 Å². The van der Waals surface area contributed by atoms with Crippen LogP contribution in [0.2, 0.25) is 4.34 Å². The first kappa shape index (κ1) is 17.9. The van der Waals surface area contributed by atoms with Crippen molar-refractivity contribution in [2.24, 2.45) is 0 Å². The maximum absolute atomic E-state index is 11.6. The second-order valence-electron chi connectivity index (χ2n) is 6.58. The molecule has 3 rings (SSSR count). The first-order chi connectivity index (χ1) is 11.3.